The standard InChI is InChI=1S/C20H23ClN2O3S/c21-17-11-9-16(10-12-17)15-22-20(24)14-18-6-4-5-13-23(18)27(25,26)19-7-2-1-3-8-19/h1-3,7-12,18H,4-6,13-15H2,(H,22,24)/t18-/m0/s1. The molecule has 0 aromatic heterocycles. The average molecular weight is 407 g/mol. The zero-order chi connectivity index (χ0) is 19.3. The Balaban J connectivity index is 1.65. The largest absolute Gasteiger partial charge is 0.352 e. The van der Waals surface area contributed by atoms with Crippen LogP contribution in [0, 0.1) is 0 Å². The summed E-state index contributed by atoms with van der Waals surface area (Å²) < 4.78 is 27.4. The summed E-state index contributed by atoms with van der Waals surface area (Å²) in [6.07, 6.45) is 2.60. The second kappa shape index (κ2) is 8.87. The highest BCUT2D eigenvalue weighted by atomic mass is 35.5. The van der Waals surface area contributed by atoms with E-state index in [1.165, 1.54) is 4.31 Å². The van der Waals surface area contributed by atoms with Gasteiger partial charge < -0.3 is 5.32 Å². The fraction of sp³-hybridized carbons (Fsp3) is 0.350. The molecule has 0 unspecified atom stereocenters. The van der Waals surface area contributed by atoms with E-state index in [0.29, 0.717) is 24.5 Å². The van der Waals surface area contributed by atoms with Crippen molar-refractivity contribution in [2.24, 2.45) is 0 Å². The van der Waals surface area contributed by atoms with Gasteiger partial charge >= 0.3 is 0 Å². The quantitative estimate of drug-likeness (QED) is 0.797. The molecule has 144 valence electrons. The van der Waals surface area contributed by atoms with Crippen molar-refractivity contribution < 1.29 is 13.2 Å². The average Bonchev–Trinajstić information content (AvgIpc) is 2.68. The van der Waals surface area contributed by atoms with E-state index in [9.17, 15) is 13.2 Å². The number of sulfonamides is 1. The van der Waals surface area contributed by atoms with Gasteiger partial charge in [0.05, 0.1) is 4.90 Å². The predicted octanol–water partition coefficient (Wildman–Crippen LogP) is 3.59. The third kappa shape index (κ3) is 5.09. The van der Waals surface area contributed by atoms with Gasteiger partial charge in [-0.25, -0.2) is 8.42 Å². The summed E-state index contributed by atoms with van der Waals surface area (Å²) in [6, 6.07) is 15.4. The van der Waals surface area contributed by atoms with Gasteiger partial charge in [-0.05, 0) is 42.7 Å². The summed E-state index contributed by atoms with van der Waals surface area (Å²) in [5.41, 5.74) is 0.949. The van der Waals surface area contributed by atoms with E-state index in [1.54, 1.807) is 42.5 Å². The molecule has 1 aliphatic rings. The molecular formula is C20H23ClN2O3S. The molecule has 1 amide bonds. The molecule has 1 aliphatic heterocycles. The lowest BCUT2D eigenvalue weighted by atomic mass is 10.0. The molecule has 27 heavy (non-hydrogen) atoms. The number of halogens is 1. The molecule has 1 saturated heterocycles. The minimum absolute atomic E-state index is 0.148. The molecule has 7 heteroatoms. The molecule has 1 N–H and O–H groups in total. The van der Waals surface area contributed by atoms with Gasteiger partial charge in [0, 0.05) is 30.6 Å². The number of piperidine rings is 1. The molecule has 3 rings (SSSR count). The summed E-state index contributed by atoms with van der Waals surface area (Å²) in [6.45, 7) is 0.848. The Morgan fingerprint density at radius 3 is 2.48 bits per heavy atom. The van der Waals surface area contributed by atoms with Gasteiger partial charge in [-0.15, -0.1) is 0 Å². The van der Waals surface area contributed by atoms with Crippen LogP contribution in [0.25, 0.3) is 0 Å². The maximum absolute atomic E-state index is 13.0. The van der Waals surface area contributed by atoms with Crippen LogP contribution in [0.5, 0.6) is 0 Å². The third-order valence-corrected chi connectivity index (χ3v) is 6.96. The first kappa shape index (κ1) is 19.9. The van der Waals surface area contributed by atoms with Gasteiger partial charge in [-0.3, -0.25) is 4.79 Å². The first-order chi connectivity index (χ1) is 13.0. The maximum Gasteiger partial charge on any atom is 0.243 e. The van der Waals surface area contributed by atoms with E-state index in [1.807, 2.05) is 12.1 Å². The van der Waals surface area contributed by atoms with Crippen LogP contribution >= 0.6 is 11.6 Å². The van der Waals surface area contributed by atoms with Crippen molar-refractivity contribution in [1.82, 2.24) is 9.62 Å². The molecule has 5 nitrogen and oxygen atoms in total. The van der Waals surface area contributed by atoms with Crippen LogP contribution in [-0.2, 0) is 21.4 Å². The first-order valence-electron chi connectivity index (χ1n) is 9.05. The number of hydrogen-bond donors (Lipinski definition) is 1. The molecule has 0 radical (unpaired) electrons. The van der Waals surface area contributed by atoms with E-state index in [2.05, 4.69) is 5.32 Å². The number of hydrogen-bond acceptors (Lipinski definition) is 3. The number of carbonyl (C=O) groups excluding carboxylic acids is 1. The second-order valence-electron chi connectivity index (χ2n) is 6.69. The molecule has 1 atom stereocenters. The van der Waals surface area contributed by atoms with Crippen LogP contribution in [0.3, 0.4) is 0 Å². The Kier molecular flexibility index (Phi) is 6.52. The maximum atomic E-state index is 13.0. The minimum Gasteiger partial charge on any atom is -0.352 e. The Morgan fingerprint density at radius 2 is 1.78 bits per heavy atom. The summed E-state index contributed by atoms with van der Waals surface area (Å²) in [5.74, 6) is -0.148. The topological polar surface area (TPSA) is 66.5 Å². The number of nitrogens with zero attached hydrogens (tertiary/aromatic N) is 1. The highest BCUT2D eigenvalue weighted by Crippen LogP contribution is 2.27. The van der Waals surface area contributed by atoms with Crippen molar-refractivity contribution in [1.29, 1.82) is 0 Å². The van der Waals surface area contributed by atoms with Crippen LogP contribution in [0.4, 0.5) is 0 Å². The van der Waals surface area contributed by atoms with Gasteiger partial charge in [0.1, 0.15) is 0 Å². The fourth-order valence-electron chi connectivity index (χ4n) is 3.31. The zero-order valence-corrected chi connectivity index (χ0v) is 16.5. The summed E-state index contributed by atoms with van der Waals surface area (Å²) in [5, 5.41) is 3.52. The van der Waals surface area contributed by atoms with Crippen molar-refractivity contribution in [2.45, 2.75) is 43.2 Å². The fourth-order valence-corrected chi connectivity index (χ4v) is 5.15. The minimum atomic E-state index is -3.59. The number of carbonyl (C=O) groups is 1. The normalized spacial score (nSPS) is 18.2. The molecule has 2 aromatic rings. The van der Waals surface area contributed by atoms with Gasteiger partial charge in [0.15, 0.2) is 0 Å². The molecule has 1 heterocycles. The summed E-state index contributed by atoms with van der Waals surface area (Å²) in [4.78, 5) is 12.7. The molecular weight excluding hydrogens is 384 g/mol. The monoisotopic (exact) mass is 406 g/mol. The number of rotatable bonds is 6. The van der Waals surface area contributed by atoms with Crippen molar-refractivity contribution >= 4 is 27.5 Å². The number of amides is 1. The number of nitrogens with one attached hydrogen (secondary N) is 1. The highest BCUT2D eigenvalue weighted by Gasteiger charge is 2.34. The van der Waals surface area contributed by atoms with Gasteiger partial charge in [0.25, 0.3) is 0 Å². The van der Waals surface area contributed by atoms with Crippen molar-refractivity contribution in [3.63, 3.8) is 0 Å². The molecule has 0 bridgehead atoms. The third-order valence-electron chi connectivity index (χ3n) is 4.75. The van der Waals surface area contributed by atoms with Crippen molar-refractivity contribution in [2.75, 3.05) is 6.54 Å². The Labute approximate surface area is 165 Å². The van der Waals surface area contributed by atoms with Crippen molar-refractivity contribution in [3.8, 4) is 0 Å². The molecule has 0 aliphatic carbocycles. The van der Waals surface area contributed by atoms with E-state index < -0.39 is 10.0 Å². The van der Waals surface area contributed by atoms with Crippen LogP contribution in [0.2, 0.25) is 5.02 Å². The smallest absolute Gasteiger partial charge is 0.243 e. The van der Waals surface area contributed by atoms with Crippen LogP contribution in [0.1, 0.15) is 31.2 Å². The Hall–Kier alpha value is -1.89. The van der Waals surface area contributed by atoms with Crippen LogP contribution in [-0.4, -0.2) is 31.2 Å². The summed E-state index contributed by atoms with van der Waals surface area (Å²) in [7, 11) is -3.59. The van der Waals surface area contributed by atoms with Crippen molar-refractivity contribution in [3.05, 3.63) is 65.2 Å². The Morgan fingerprint density at radius 1 is 1.07 bits per heavy atom. The first-order valence-corrected chi connectivity index (χ1v) is 10.9. The lowest BCUT2D eigenvalue weighted by molar-refractivity contribution is -0.122. The van der Waals surface area contributed by atoms with E-state index in [-0.39, 0.29) is 23.3 Å². The second-order valence-corrected chi connectivity index (χ2v) is 9.01. The van der Waals surface area contributed by atoms with Crippen LogP contribution in [0.15, 0.2) is 59.5 Å². The Bertz CT molecular complexity index is 870. The lowest BCUT2D eigenvalue weighted by Gasteiger charge is -2.34. The molecule has 0 spiro atoms. The highest BCUT2D eigenvalue weighted by molar-refractivity contribution is 7.89. The van der Waals surface area contributed by atoms with Crippen LogP contribution < -0.4 is 5.32 Å². The van der Waals surface area contributed by atoms with Gasteiger partial charge in [-0.2, -0.15) is 4.31 Å². The van der Waals surface area contributed by atoms with E-state index >= 15 is 0 Å². The summed E-state index contributed by atoms with van der Waals surface area (Å²) >= 11 is 5.86. The SMILES string of the molecule is O=C(C[C@@H]1CCCCN1S(=O)(=O)c1ccccc1)NCc1ccc(Cl)cc1. The molecule has 2 aromatic carbocycles. The molecule has 1 fully saturated rings. The molecule has 0 saturated carbocycles. The van der Waals surface area contributed by atoms with E-state index in [0.717, 1.165) is 18.4 Å². The van der Waals surface area contributed by atoms with E-state index in [4.69, 9.17) is 11.6 Å². The lowest BCUT2D eigenvalue weighted by Crippen LogP contribution is -2.45. The van der Waals surface area contributed by atoms with Gasteiger partial charge in [-0.1, -0.05) is 48.4 Å². The van der Waals surface area contributed by atoms with Gasteiger partial charge in [0.2, 0.25) is 15.9 Å². The predicted molar refractivity (Wildman–Crippen MR) is 106 cm³/mol. The number of benzene rings is 2. The zero-order valence-electron chi connectivity index (χ0n) is 15.0.